The molecule has 16 heavy (non-hydrogen) atoms. The van der Waals surface area contributed by atoms with Gasteiger partial charge in [-0.25, -0.2) is 13.1 Å². The molecule has 1 aliphatic heterocycles. The van der Waals surface area contributed by atoms with Crippen molar-refractivity contribution in [3.63, 3.8) is 0 Å². The lowest BCUT2D eigenvalue weighted by atomic mass is 9.71. The highest BCUT2D eigenvalue weighted by atomic mass is 32.2. The van der Waals surface area contributed by atoms with Gasteiger partial charge in [-0.2, -0.15) is 0 Å². The number of hydrogen-bond acceptors (Lipinski definition) is 3. The second-order valence-electron chi connectivity index (χ2n) is 5.50. The van der Waals surface area contributed by atoms with Gasteiger partial charge in [0.15, 0.2) is 0 Å². The summed E-state index contributed by atoms with van der Waals surface area (Å²) in [4.78, 5) is 0. The minimum absolute atomic E-state index is 0.217. The summed E-state index contributed by atoms with van der Waals surface area (Å²) in [5.41, 5.74) is 0.217. The largest absolute Gasteiger partial charge is 0.315 e. The van der Waals surface area contributed by atoms with Crippen LogP contribution in [-0.4, -0.2) is 33.3 Å². The molecule has 1 unspecified atom stereocenters. The lowest BCUT2D eigenvalue weighted by Crippen LogP contribution is -2.47. The van der Waals surface area contributed by atoms with Crippen LogP contribution in [0.5, 0.6) is 0 Å². The minimum Gasteiger partial charge on any atom is -0.315 e. The van der Waals surface area contributed by atoms with Gasteiger partial charge in [0.1, 0.15) is 0 Å². The topological polar surface area (TPSA) is 58.2 Å². The SMILES string of the molecule is CC1(CNS(=O)(=O)C2CCCNC2)CCC1. The third-order valence-electron chi connectivity index (χ3n) is 3.95. The van der Waals surface area contributed by atoms with Gasteiger partial charge in [-0.05, 0) is 37.6 Å². The zero-order valence-corrected chi connectivity index (χ0v) is 10.8. The summed E-state index contributed by atoms with van der Waals surface area (Å²) in [5.74, 6) is 0. The molecular formula is C11H22N2O2S. The zero-order valence-electron chi connectivity index (χ0n) is 9.96. The van der Waals surface area contributed by atoms with Gasteiger partial charge in [0.05, 0.1) is 5.25 Å². The standard InChI is InChI=1S/C11H22N2O2S/c1-11(5-3-6-11)9-13-16(14,15)10-4-2-7-12-8-10/h10,12-13H,2-9H2,1H3. The third-order valence-corrected chi connectivity index (χ3v) is 5.78. The van der Waals surface area contributed by atoms with Crippen molar-refractivity contribution in [2.75, 3.05) is 19.6 Å². The first kappa shape index (κ1) is 12.3. The highest BCUT2D eigenvalue weighted by Gasteiger charge is 2.34. The van der Waals surface area contributed by atoms with Gasteiger partial charge >= 0.3 is 0 Å². The van der Waals surface area contributed by atoms with Crippen molar-refractivity contribution in [3.8, 4) is 0 Å². The van der Waals surface area contributed by atoms with E-state index in [0.717, 1.165) is 32.2 Å². The maximum absolute atomic E-state index is 12.0. The first-order chi connectivity index (χ1) is 7.52. The van der Waals surface area contributed by atoms with E-state index in [1.54, 1.807) is 0 Å². The monoisotopic (exact) mass is 246 g/mol. The number of piperidine rings is 1. The van der Waals surface area contributed by atoms with Crippen molar-refractivity contribution < 1.29 is 8.42 Å². The fourth-order valence-electron chi connectivity index (χ4n) is 2.43. The van der Waals surface area contributed by atoms with Crippen molar-refractivity contribution in [1.29, 1.82) is 0 Å². The van der Waals surface area contributed by atoms with E-state index in [2.05, 4.69) is 17.0 Å². The molecule has 5 heteroatoms. The third kappa shape index (κ3) is 2.76. The van der Waals surface area contributed by atoms with Crippen LogP contribution in [0.4, 0.5) is 0 Å². The predicted octanol–water partition coefficient (Wildman–Crippen LogP) is 0.848. The zero-order chi connectivity index (χ0) is 11.6. The van der Waals surface area contributed by atoms with Gasteiger partial charge in [0.25, 0.3) is 0 Å². The Hall–Kier alpha value is -0.130. The molecule has 1 saturated heterocycles. The Kier molecular flexibility index (Phi) is 3.56. The van der Waals surface area contributed by atoms with Crippen LogP contribution >= 0.6 is 0 Å². The Balaban J connectivity index is 1.86. The van der Waals surface area contributed by atoms with Crippen LogP contribution in [0, 0.1) is 5.41 Å². The fraction of sp³-hybridized carbons (Fsp3) is 1.00. The molecule has 94 valence electrons. The van der Waals surface area contributed by atoms with E-state index in [4.69, 9.17) is 0 Å². The van der Waals surface area contributed by atoms with Crippen LogP contribution < -0.4 is 10.0 Å². The molecule has 0 radical (unpaired) electrons. The van der Waals surface area contributed by atoms with Gasteiger partial charge in [-0.15, -0.1) is 0 Å². The van der Waals surface area contributed by atoms with E-state index in [1.807, 2.05) is 0 Å². The maximum Gasteiger partial charge on any atom is 0.215 e. The second kappa shape index (κ2) is 4.63. The van der Waals surface area contributed by atoms with Gasteiger partial charge < -0.3 is 5.32 Å². The van der Waals surface area contributed by atoms with Crippen LogP contribution in [0.1, 0.15) is 39.0 Å². The van der Waals surface area contributed by atoms with Crippen molar-refractivity contribution in [2.24, 2.45) is 5.41 Å². The lowest BCUT2D eigenvalue weighted by molar-refractivity contribution is 0.166. The molecule has 2 rings (SSSR count). The van der Waals surface area contributed by atoms with E-state index in [-0.39, 0.29) is 10.7 Å². The molecule has 0 aromatic carbocycles. The quantitative estimate of drug-likeness (QED) is 0.773. The van der Waals surface area contributed by atoms with Gasteiger partial charge in [-0.3, -0.25) is 0 Å². The molecule has 1 aliphatic carbocycles. The predicted molar refractivity (Wildman–Crippen MR) is 64.8 cm³/mol. The molecule has 4 nitrogen and oxygen atoms in total. The summed E-state index contributed by atoms with van der Waals surface area (Å²) in [6.07, 6.45) is 5.29. The Labute approximate surface area is 98.2 Å². The molecule has 2 N–H and O–H groups in total. The molecule has 0 aromatic heterocycles. The average Bonchev–Trinajstić information content (AvgIpc) is 2.25. The van der Waals surface area contributed by atoms with Gasteiger partial charge in [0.2, 0.25) is 10.0 Å². The summed E-state index contributed by atoms with van der Waals surface area (Å²) < 4.78 is 26.8. The summed E-state index contributed by atoms with van der Waals surface area (Å²) in [6, 6.07) is 0. The summed E-state index contributed by atoms with van der Waals surface area (Å²) in [7, 11) is -3.11. The Bertz CT molecular complexity index is 330. The molecule has 0 amide bonds. The highest BCUT2D eigenvalue weighted by molar-refractivity contribution is 7.90. The van der Waals surface area contributed by atoms with Crippen molar-refractivity contribution >= 4 is 10.0 Å². The van der Waals surface area contributed by atoms with E-state index in [9.17, 15) is 8.42 Å². The van der Waals surface area contributed by atoms with Crippen LogP contribution in [0.25, 0.3) is 0 Å². The number of sulfonamides is 1. The Morgan fingerprint density at radius 2 is 2.12 bits per heavy atom. The van der Waals surface area contributed by atoms with Crippen LogP contribution in [0.2, 0.25) is 0 Å². The van der Waals surface area contributed by atoms with Crippen LogP contribution in [0.3, 0.4) is 0 Å². The minimum atomic E-state index is -3.11. The Morgan fingerprint density at radius 1 is 1.38 bits per heavy atom. The molecule has 0 spiro atoms. The van der Waals surface area contributed by atoms with Gasteiger partial charge in [-0.1, -0.05) is 13.3 Å². The number of hydrogen-bond donors (Lipinski definition) is 2. The van der Waals surface area contributed by atoms with Crippen LogP contribution in [-0.2, 0) is 10.0 Å². The number of rotatable bonds is 4. The molecule has 1 atom stereocenters. The number of nitrogens with one attached hydrogen (secondary N) is 2. The molecule has 2 aliphatic rings. The fourth-order valence-corrected chi connectivity index (χ4v) is 4.03. The molecular weight excluding hydrogens is 224 g/mol. The molecule has 0 bridgehead atoms. The highest BCUT2D eigenvalue weighted by Crippen LogP contribution is 2.39. The maximum atomic E-state index is 12.0. The van der Waals surface area contributed by atoms with Crippen molar-refractivity contribution in [3.05, 3.63) is 0 Å². The first-order valence-corrected chi connectivity index (χ1v) is 7.76. The van der Waals surface area contributed by atoms with Crippen LogP contribution in [0.15, 0.2) is 0 Å². The van der Waals surface area contributed by atoms with Gasteiger partial charge in [0, 0.05) is 13.1 Å². The normalized spacial score (nSPS) is 29.7. The van der Waals surface area contributed by atoms with E-state index >= 15 is 0 Å². The molecule has 1 saturated carbocycles. The van der Waals surface area contributed by atoms with Crippen molar-refractivity contribution in [2.45, 2.75) is 44.3 Å². The first-order valence-electron chi connectivity index (χ1n) is 6.21. The molecule has 0 aromatic rings. The Morgan fingerprint density at radius 3 is 2.62 bits per heavy atom. The van der Waals surface area contributed by atoms with E-state index < -0.39 is 10.0 Å². The smallest absolute Gasteiger partial charge is 0.215 e. The average molecular weight is 246 g/mol. The summed E-state index contributed by atoms with van der Waals surface area (Å²) >= 11 is 0. The summed E-state index contributed by atoms with van der Waals surface area (Å²) in [5, 5.41) is 2.92. The van der Waals surface area contributed by atoms with Crippen molar-refractivity contribution in [1.82, 2.24) is 10.0 Å². The molecule has 1 heterocycles. The van der Waals surface area contributed by atoms with E-state index in [0.29, 0.717) is 13.1 Å². The van der Waals surface area contributed by atoms with E-state index in [1.165, 1.54) is 6.42 Å². The second-order valence-corrected chi connectivity index (χ2v) is 7.54. The summed E-state index contributed by atoms with van der Waals surface area (Å²) in [6.45, 7) is 4.33. The molecule has 2 fully saturated rings. The lowest BCUT2D eigenvalue weighted by Gasteiger charge is -2.38.